The molecule has 0 aliphatic heterocycles. The van der Waals surface area contributed by atoms with Gasteiger partial charge in [-0.2, -0.15) is 0 Å². The summed E-state index contributed by atoms with van der Waals surface area (Å²) in [7, 11) is 0. The lowest BCUT2D eigenvalue weighted by molar-refractivity contribution is 0.292. The first kappa shape index (κ1) is 18.5. The molecule has 0 saturated carbocycles. The van der Waals surface area contributed by atoms with Crippen molar-refractivity contribution >= 4 is 11.7 Å². The van der Waals surface area contributed by atoms with E-state index >= 15 is 0 Å². The van der Waals surface area contributed by atoms with E-state index < -0.39 is 11.6 Å². The molecule has 0 amide bonds. The lowest BCUT2D eigenvalue weighted by Crippen LogP contribution is -2.15. The molecule has 1 heterocycles. The molecule has 27 heavy (non-hydrogen) atoms. The second-order valence-electron chi connectivity index (χ2n) is 6.02. The average molecular weight is 367 g/mol. The number of hydrogen-bond acceptors (Lipinski definition) is 3. The Morgan fingerprint density at radius 2 is 1.78 bits per heavy atom. The van der Waals surface area contributed by atoms with Gasteiger partial charge in [0.1, 0.15) is 24.1 Å². The summed E-state index contributed by atoms with van der Waals surface area (Å²) in [6, 6.07) is 14.8. The molecule has 0 radical (unpaired) electrons. The Morgan fingerprint density at radius 1 is 1.04 bits per heavy atom. The molecule has 0 unspecified atom stereocenters. The van der Waals surface area contributed by atoms with Crippen LogP contribution in [0.1, 0.15) is 16.7 Å². The minimum Gasteiger partial charge on any atom is -0.485 e. The maximum atomic E-state index is 13.8. The molecule has 4 nitrogen and oxygen atoms in total. The summed E-state index contributed by atoms with van der Waals surface area (Å²) in [4.78, 5) is 8.48. The first-order valence-electron chi connectivity index (χ1n) is 8.43. The Morgan fingerprint density at radius 3 is 2.52 bits per heavy atom. The van der Waals surface area contributed by atoms with Crippen LogP contribution in [0.2, 0.25) is 0 Å². The highest BCUT2D eigenvalue weighted by atomic mass is 19.1. The van der Waals surface area contributed by atoms with Gasteiger partial charge in [0.2, 0.25) is 0 Å². The fourth-order valence-electron chi connectivity index (χ4n) is 2.58. The molecular formula is C21H19F2N3O. The van der Waals surface area contributed by atoms with Crippen LogP contribution in [-0.2, 0) is 13.0 Å². The third-order valence-corrected chi connectivity index (χ3v) is 4.07. The zero-order valence-corrected chi connectivity index (χ0v) is 14.8. The number of aromatic nitrogens is 1. The Kier molecular flexibility index (Phi) is 5.76. The maximum Gasteiger partial charge on any atom is 0.196 e. The minimum absolute atomic E-state index is 0.149. The van der Waals surface area contributed by atoms with Crippen molar-refractivity contribution in [3.05, 3.63) is 89.1 Å². The van der Waals surface area contributed by atoms with Gasteiger partial charge in [-0.05, 0) is 42.3 Å². The minimum atomic E-state index is -0.664. The fraction of sp³-hybridized carbons (Fsp3) is 0.143. The van der Waals surface area contributed by atoms with Gasteiger partial charge in [-0.25, -0.2) is 18.8 Å². The van der Waals surface area contributed by atoms with Crippen molar-refractivity contribution in [2.24, 2.45) is 10.7 Å². The lowest BCUT2D eigenvalue weighted by atomic mass is 10.1. The molecule has 0 bridgehead atoms. The quantitative estimate of drug-likeness (QED) is 0.516. The number of aryl methyl sites for hydroxylation is 1. The van der Waals surface area contributed by atoms with E-state index in [9.17, 15) is 8.78 Å². The van der Waals surface area contributed by atoms with Crippen LogP contribution in [0.5, 0.6) is 5.75 Å². The number of nitrogens with zero attached hydrogens (tertiary/aromatic N) is 2. The van der Waals surface area contributed by atoms with E-state index in [1.807, 2.05) is 31.2 Å². The van der Waals surface area contributed by atoms with Crippen LogP contribution in [-0.4, -0.2) is 10.8 Å². The third kappa shape index (κ3) is 4.67. The van der Waals surface area contributed by atoms with Crippen molar-refractivity contribution in [2.75, 3.05) is 0 Å². The molecule has 1 aromatic heterocycles. The van der Waals surface area contributed by atoms with Gasteiger partial charge in [0.15, 0.2) is 11.6 Å². The van der Waals surface area contributed by atoms with Gasteiger partial charge >= 0.3 is 0 Å². The van der Waals surface area contributed by atoms with E-state index in [4.69, 9.17) is 10.5 Å². The molecule has 0 atom stereocenters. The molecule has 3 rings (SSSR count). The molecule has 0 spiro atoms. The van der Waals surface area contributed by atoms with Crippen LogP contribution in [0.25, 0.3) is 0 Å². The Hall–Kier alpha value is -3.28. The topological polar surface area (TPSA) is 60.5 Å². The second-order valence-corrected chi connectivity index (χ2v) is 6.02. The van der Waals surface area contributed by atoms with E-state index in [0.29, 0.717) is 18.0 Å². The van der Waals surface area contributed by atoms with Crippen molar-refractivity contribution in [3.63, 3.8) is 0 Å². The second kappa shape index (κ2) is 8.40. The summed E-state index contributed by atoms with van der Waals surface area (Å²) >= 11 is 0. The van der Waals surface area contributed by atoms with Gasteiger partial charge in [0.25, 0.3) is 0 Å². The number of benzene rings is 2. The number of amidine groups is 1. The maximum absolute atomic E-state index is 13.8. The molecule has 0 aliphatic carbocycles. The Bertz CT molecular complexity index is 953. The van der Waals surface area contributed by atoms with E-state index in [2.05, 4.69) is 9.98 Å². The summed E-state index contributed by atoms with van der Waals surface area (Å²) in [5.41, 5.74) is 8.09. The van der Waals surface area contributed by atoms with Gasteiger partial charge < -0.3 is 10.5 Å². The normalized spacial score (nSPS) is 11.4. The van der Waals surface area contributed by atoms with Gasteiger partial charge in [0.05, 0.1) is 5.56 Å². The smallest absolute Gasteiger partial charge is 0.196 e. The van der Waals surface area contributed by atoms with Crippen molar-refractivity contribution in [1.82, 2.24) is 4.98 Å². The van der Waals surface area contributed by atoms with Gasteiger partial charge in [-0.3, -0.25) is 0 Å². The molecule has 6 heteroatoms. The van der Waals surface area contributed by atoms with E-state index in [1.165, 1.54) is 18.2 Å². The monoisotopic (exact) mass is 367 g/mol. The average Bonchev–Trinajstić information content (AvgIpc) is 2.64. The number of aliphatic imine (C=N–C) groups is 1. The Balaban J connectivity index is 1.78. The molecule has 3 aromatic rings. The lowest BCUT2D eigenvalue weighted by Gasteiger charge is -2.10. The van der Waals surface area contributed by atoms with E-state index in [1.54, 1.807) is 18.3 Å². The molecule has 2 aromatic carbocycles. The standard InChI is InChI=1S/C21H19F2N3O/c1-14-6-2-3-7-15(14)12-20(24)26-21-19(10-5-11-25-21)27-13-16-17(22)8-4-9-18(16)23/h2-11H,12-13H2,1H3,(H2,24,25,26). The summed E-state index contributed by atoms with van der Waals surface area (Å²) in [5.74, 6) is -0.399. The zero-order chi connectivity index (χ0) is 19.2. The number of halogens is 2. The van der Waals surface area contributed by atoms with Crippen LogP contribution in [0.15, 0.2) is 65.8 Å². The zero-order valence-electron chi connectivity index (χ0n) is 14.8. The number of pyridine rings is 1. The van der Waals surface area contributed by atoms with Gasteiger partial charge in [-0.15, -0.1) is 0 Å². The predicted molar refractivity (Wildman–Crippen MR) is 101 cm³/mol. The summed E-state index contributed by atoms with van der Waals surface area (Å²) < 4.78 is 33.1. The summed E-state index contributed by atoms with van der Waals surface area (Å²) in [6.45, 7) is 1.73. The molecule has 138 valence electrons. The number of rotatable bonds is 6. The van der Waals surface area contributed by atoms with Crippen molar-refractivity contribution < 1.29 is 13.5 Å². The van der Waals surface area contributed by atoms with Gasteiger partial charge in [0, 0.05) is 12.6 Å². The number of ether oxygens (including phenoxy) is 1. The first-order chi connectivity index (χ1) is 13.0. The van der Waals surface area contributed by atoms with Crippen LogP contribution in [0.4, 0.5) is 14.6 Å². The summed E-state index contributed by atoms with van der Waals surface area (Å²) in [6.07, 6.45) is 2.01. The van der Waals surface area contributed by atoms with E-state index in [-0.39, 0.29) is 18.0 Å². The van der Waals surface area contributed by atoms with Crippen LogP contribution >= 0.6 is 0 Å². The molecule has 2 N–H and O–H groups in total. The molecule has 0 fully saturated rings. The number of nitrogens with two attached hydrogens (primary N) is 1. The molecular weight excluding hydrogens is 348 g/mol. The van der Waals surface area contributed by atoms with Crippen LogP contribution in [0.3, 0.4) is 0 Å². The van der Waals surface area contributed by atoms with Crippen molar-refractivity contribution in [1.29, 1.82) is 0 Å². The summed E-state index contributed by atoms with van der Waals surface area (Å²) in [5, 5.41) is 0. The highest BCUT2D eigenvalue weighted by molar-refractivity contribution is 5.85. The van der Waals surface area contributed by atoms with E-state index in [0.717, 1.165) is 11.1 Å². The largest absolute Gasteiger partial charge is 0.485 e. The fourth-order valence-corrected chi connectivity index (χ4v) is 2.58. The van der Waals surface area contributed by atoms with Crippen molar-refractivity contribution in [3.8, 4) is 5.75 Å². The SMILES string of the molecule is Cc1ccccc1CC(N)=Nc1ncccc1OCc1c(F)cccc1F. The predicted octanol–water partition coefficient (Wildman–Crippen LogP) is 4.48. The third-order valence-electron chi connectivity index (χ3n) is 4.07. The molecule has 0 aliphatic rings. The van der Waals surface area contributed by atoms with Gasteiger partial charge in [-0.1, -0.05) is 30.3 Å². The highest BCUT2D eigenvalue weighted by Gasteiger charge is 2.11. The Labute approximate surface area is 156 Å². The number of hydrogen-bond donors (Lipinski definition) is 1. The van der Waals surface area contributed by atoms with Crippen LogP contribution < -0.4 is 10.5 Å². The van der Waals surface area contributed by atoms with Crippen LogP contribution in [0, 0.1) is 18.6 Å². The van der Waals surface area contributed by atoms with Crippen molar-refractivity contribution in [2.45, 2.75) is 20.0 Å². The molecule has 0 saturated heterocycles. The first-order valence-corrected chi connectivity index (χ1v) is 8.43. The highest BCUT2D eigenvalue weighted by Crippen LogP contribution is 2.26.